The Hall–Kier alpha value is -2.88. The van der Waals surface area contributed by atoms with Gasteiger partial charge in [-0.15, -0.1) is 0 Å². The topological polar surface area (TPSA) is 44.8 Å². The lowest BCUT2D eigenvalue weighted by atomic mass is 10.1. The third kappa shape index (κ3) is 2.23. The molecule has 0 radical (unpaired) electrons. The Morgan fingerprint density at radius 1 is 1.04 bits per heavy atom. The first-order chi connectivity index (χ1) is 11.3. The van der Waals surface area contributed by atoms with E-state index in [0.29, 0.717) is 0 Å². The standard InChI is InChI=1S/C19H18N4/c1-3-23(14-7-5-4-6-8-14)19-18-17(20-12-21-19)15-11-13(2)9-10-16(15)22-18/h4-12,22H,3H2,1-2H3. The van der Waals surface area contributed by atoms with Gasteiger partial charge < -0.3 is 9.88 Å². The van der Waals surface area contributed by atoms with E-state index >= 15 is 0 Å². The van der Waals surface area contributed by atoms with Gasteiger partial charge in [0.1, 0.15) is 17.4 Å². The first kappa shape index (κ1) is 13.8. The fourth-order valence-electron chi connectivity index (χ4n) is 3.06. The summed E-state index contributed by atoms with van der Waals surface area (Å²) in [5.41, 5.74) is 5.41. The Morgan fingerprint density at radius 2 is 1.87 bits per heavy atom. The van der Waals surface area contributed by atoms with E-state index in [-0.39, 0.29) is 0 Å². The van der Waals surface area contributed by atoms with Crippen molar-refractivity contribution in [1.29, 1.82) is 0 Å². The second kappa shape index (κ2) is 5.39. The summed E-state index contributed by atoms with van der Waals surface area (Å²) < 4.78 is 0. The van der Waals surface area contributed by atoms with Gasteiger partial charge in [0.05, 0.1) is 0 Å². The zero-order valence-corrected chi connectivity index (χ0v) is 13.2. The molecular weight excluding hydrogens is 284 g/mol. The number of nitrogens with one attached hydrogen (secondary N) is 1. The summed E-state index contributed by atoms with van der Waals surface area (Å²) in [7, 11) is 0. The molecule has 0 aliphatic heterocycles. The van der Waals surface area contributed by atoms with Crippen LogP contribution in [0.3, 0.4) is 0 Å². The monoisotopic (exact) mass is 302 g/mol. The molecule has 2 aromatic heterocycles. The molecule has 0 unspecified atom stereocenters. The van der Waals surface area contributed by atoms with Gasteiger partial charge in [0.2, 0.25) is 0 Å². The van der Waals surface area contributed by atoms with Crippen molar-refractivity contribution < 1.29 is 0 Å². The molecule has 2 aromatic carbocycles. The maximum atomic E-state index is 4.56. The molecule has 0 aliphatic rings. The number of fused-ring (bicyclic) bond motifs is 3. The van der Waals surface area contributed by atoms with Gasteiger partial charge in [-0.25, -0.2) is 9.97 Å². The molecule has 114 valence electrons. The summed E-state index contributed by atoms with van der Waals surface area (Å²) in [4.78, 5) is 14.8. The molecule has 0 bridgehead atoms. The SMILES string of the molecule is CCN(c1ccccc1)c1ncnc2c1[nH]c1ccc(C)cc12. The van der Waals surface area contributed by atoms with Crippen LogP contribution in [0.4, 0.5) is 11.5 Å². The zero-order chi connectivity index (χ0) is 15.8. The maximum absolute atomic E-state index is 4.56. The lowest BCUT2D eigenvalue weighted by molar-refractivity contribution is 0.987. The van der Waals surface area contributed by atoms with E-state index in [4.69, 9.17) is 0 Å². The van der Waals surface area contributed by atoms with E-state index in [2.05, 4.69) is 64.0 Å². The fourth-order valence-corrected chi connectivity index (χ4v) is 3.06. The van der Waals surface area contributed by atoms with Crippen LogP contribution in [-0.2, 0) is 0 Å². The molecule has 0 saturated heterocycles. The van der Waals surface area contributed by atoms with Crippen molar-refractivity contribution in [2.75, 3.05) is 11.4 Å². The number of aromatic nitrogens is 3. The largest absolute Gasteiger partial charge is 0.350 e. The Labute approximate surface area is 134 Å². The van der Waals surface area contributed by atoms with Gasteiger partial charge in [-0.2, -0.15) is 0 Å². The van der Waals surface area contributed by atoms with Crippen molar-refractivity contribution in [2.45, 2.75) is 13.8 Å². The third-order valence-electron chi connectivity index (χ3n) is 4.16. The lowest BCUT2D eigenvalue weighted by Gasteiger charge is -2.22. The number of H-pyrrole nitrogens is 1. The summed E-state index contributed by atoms with van der Waals surface area (Å²) in [5.74, 6) is 0.914. The molecule has 2 heterocycles. The first-order valence-corrected chi connectivity index (χ1v) is 7.83. The van der Waals surface area contributed by atoms with E-state index < -0.39 is 0 Å². The lowest BCUT2D eigenvalue weighted by Crippen LogP contribution is -2.17. The summed E-state index contributed by atoms with van der Waals surface area (Å²) in [6.07, 6.45) is 1.65. The minimum absolute atomic E-state index is 0.838. The molecule has 0 atom stereocenters. The van der Waals surface area contributed by atoms with Crippen molar-refractivity contribution in [3.8, 4) is 0 Å². The van der Waals surface area contributed by atoms with Gasteiger partial charge in [-0.3, -0.25) is 0 Å². The molecule has 0 amide bonds. The number of para-hydroxylation sites is 1. The molecule has 0 spiro atoms. The molecule has 0 aliphatic carbocycles. The molecule has 23 heavy (non-hydrogen) atoms. The van der Waals surface area contributed by atoms with E-state index in [9.17, 15) is 0 Å². The highest BCUT2D eigenvalue weighted by Gasteiger charge is 2.16. The highest BCUT2D eigenvalue weighted by molar-refractivity contribution is 6.08. The Balaban J connectivity index is 1.98. The van der Waals surface area contributed by atoms with Crippen LogP contribution >= 0.6 is 0 Å². The van der Waals surface area contributed by atoms with Crippen LogP contribution in [0.25, 0.3) is 21.9 Å². The molecule has 1 N–H and O–H groups in total. The van der Waals surface area contributed by atoms with Crippen molar-refractivity contribution in [2.24, 2.45) is 0 Å². The number of rotatable bonds is 3. The van der Waals surface area contributed by atoms with E-state index in [0.717, 1.165) is 40.0 Å². The van der Waals surface area contributed by atoms with Crippen LogP contribution < -0.4 is 4.90 Å². The third-order valence-corrected chi connectivity index (χ3v) is 4.16. The first-order valence-electron chi connectivity index (χ1n) is 7.83. The van der Waals surface area contributed by atoms with Gasteiger partial charge >= 0.3 is 0 Å². The molecule has 4 heteroatoms. The van der Waals surface area contributed by atoms with Gasteiger partial charge in [0, 0.05) is 23.1 Å². The Bertz CT molecular complexity index is 973. The van der Waals surface area contributed by atoms with Gasteiger partial charge in [0.15, 0.2) is 5.82 Å². The average molecular weight is 302 g/mol. The molecule has 4 aromatic rings. The molecular formula is C19H18N4. The van der Waals surface area contributed by atoms with Gasteiger partial charge in [-0.05, 0) is 38.1 Å². The summed E-state index contributed by atoms with van der Waals surface area (Å²) >= 11 is 0. The highest BCUT2D eigenvalue weighted by Crippen LogP contribution is 2.32. The average Bonchev–Trinajstić information content (AvgIpc) is 2.95. The number of aromatic amines is 1. The van der Waals surface area contributed by atoms with Crippen molar-refractivity contribution in [3.63, 3.8) is 0 Å². The quantitative estimate of drug-likeness (QED) is 0.602. The number of anilines is 2. The van der Waals surface area contributed by atoms with E-state index in [1.807, 2.05) is 18.2 Å². The molecule has 0 fully saturated rings. The number of hydrogen-bond acceptors (Lipinski definition) is 3. The second-order valence-electron chi connectivity index (χ2n) is 5.67. The summed E-state index contributed by atoms with van der Waals surface area (Å²) in [6.45, 7) is 5.07. The molecule has 4 rings (SSSR count). The number of aryl methyl sites for hydroxylation is 1. The van der Waals surface area contributed by atoms with E-state index in [1.165, 1.54) is 5.56 Å². The predicted octanol–water partition coefficient (Wildman–Crippen LogP) is 4.58. The van der Waals surface area contributed by atoms with Crippen LogP contribution in [0.5, 0.6) is 0 Å². The fraction of sp³-hybridized carbons (Fsp3) is 0.158. The number of nitrogens with zero attached hydrogens (tertiary/aromatic N) is 3. The predicted molar refractivity (Wildman–Crippen MR) is 95.3 cm³/mol. The second-order valence-corrected chi connectivity index (χ2v) is 5.67. The molecule has 4 nitrogen and oxygen atoms in total. The summed E-state index contributed by atoms with van der Waals surface area (Å²) in [5, 5.41) is 1.15. The van der Waals surface area contributed by atoms with Crippen molar-refractivity contribution in [3.05, 3.63) is 60.4 Å². The number of benzene rings is 2. The normalized spacial score (nSPS) is 11.2. The summed E-state index contributed by atoms with van der Waals surface area (Å²) in [6, 6.07) is 16.7. The van der Waals surface area contributed by atoms with Crippen molar-refractivity contribution >= 4 is 33.4 Å². The van der Waals surface area contributed by atoms with Crippen LogP contribution in [0, 0.1) is 6.92 Å². The van der Waals surface area contributed by atoms with Crippen LogP contribution in [0.15, 0.2) is 54.9 Å². The van der Waals surface area contributed by atoms with Crippen molar-refractivity contribution in [1.82, 2.24) is 15.0 Å². The Kier molecular flexibility index (Phi) is 3.23. The van der Waals surface area contributed by atoms with Crippen LogP contribution in [0.2, 0.25) is 0 Å². The smallest absolute Gasteiger partial charge is 0.160 e. The van der Waals surface area contributed by atoms with Crippen LogP contribution in [-0.4, -0.2) is 21.5 Å². The minimum Gasteiger partial charge on any atom is -0.350 e. The van der Waals surface area contributed by atoms with E-state index in [1.54, 1.807) is 6.33 Å². The maximum Gasteiger partial charge on any atom is 0.160 e. The zero-order valence-electron chi connectivity index (χ0n) is 13.2. The number of hydrogen-bond donors (Lipinski definition) is 1. The highest BCUT2D eigenvalue weighted by atomic mass is 15.2. The van der Waals surface area contributed by atoms with Gasteiger partial charge in [-0.1, -0.05) is 29.8 Å². The Morgan fingerprint density at radius 3 is 2.65 bits per heavy atom. The van der Waals surface area contributed by atoms with Gasteiger partial charge in [0.25, 0.3) is 0 Å². The molecule has 0 saturated carbocycles. The van der Waals surface area contributed by atoms with Crippen LogP contribution in [0.1, 0.15) is 12.5 Å². The minimum atomic E-state index is 0.838.